The van der Waals surface area contributed by atoms with Crippen LogP contribution >= 0.6 is 24.0 Å². The van der Waals surface area contributed by atoms with Crippen molar-refractivity contribution < 1.29 is 8.83 Å². The Kier molecular flexibility index (Phi) is 5.53. The lowest BCUT2D eigenvalue weighted by molar-refractivity contribution is 0.241. The third kappa shape index (κ3) is 4.24. The molecule has 5 rings (SSSR count). The molecule has 4 heterocycles. The van der Waals surface area contributed by atoms with Crippen molar-refractivity contribution in [2.45, 2.75) is 35.5 Å². The second-order valence-electron chi connectivity index (χ2n) is 7.41. The summed E-state index contributed by atoms with van der Waals surface area (Å²) in [7, 11) is 0. The van der Waals surface area contributed by atoms with Crippen LogP contribution in [0.15, 0.2) is 98.0 Å². The number of hydrogen-bond acceptors (Lipinski definition) is 5. The van der Waals surface area contributed by atoms with Crippen molar-refractivity contribution in [2.75, 3.05) is 0 Å². The van der Waals surface area contributed by atoms with E-state index in [1.165, 1.54) is 5.56 Å². The first-order valence-electron chi connectivity index (χ1n) is 10.0. The molecule has 7 heteroatoms. The monoisotopic (exact) mass is 447 g/mol. The van der Waals surface area contributed by atoms with E-state index in [0.717, 1.165) is 27.2 Å². The van der Waals surface area contributed by atoms with E-state index in [1.807, 2.05) is 42.5 Å². The maximum atomic E-state index is 6.31. The van der Waals surface area contributed by atoms with Gasteiger partial charge in [-0.15, -0.1) is 0 Å². The number of aryl methyl sites for hydroxylation is 1. The fourth-order valence-corrected chi connectivity index (χ4v) is 4.81. The Morgan fingerprint density at radius 1 is 1.06 bits per heavy atom. The van der Waals surface area contributed by atoms with Crippen molar-refractivity contribution in [3.63, 3.8) is 0 Å². The third-order valence-corrected chi connectivity index (χ3v) is 6.52. The molecule has 1 saturated heterocycles. The Labute approximate surface area is 190 Å². The zero-order chi connectivity index (χ0) is 21.2. The van der Waals surface area contributed by atoms with Gasteiger partial charge in [0.1, 0.15) is 17.6 Å². The van der Waals surface area contributed by atoms with E-state index in [4.69, 9.17) is 21.1 Å². The number of thiocarbonyl (C=S) groups is 1. The van der Waals surface area contributed by atoms with Gasteiger partial charge in [0, 0.05) is 11.1 Å². The first-order valence-corrected chi connectivity index (χ1v) is 11.2. The number of pyridine rings is 1. The van der Waals surface area contributed by atoms with Crippen molar-refractivity contribution in [3.05, 3.63) is 102 Å². The highest BCUT2D eigenvalue weighted by atomic mass is 32.2. The topological polar surface area (TPSA) is 54.4 Å². The maximum absolute atomic E-state index is 6.31. The normalized spacial score (nSPS) is 18.4. The standard InChI is InChI=1S/C24H21N3O2S2/c1-16-7-9-18(10-8-16)31-21-12-11-20(29-21)23-22(19-6-2-3-13-25-19)26-24(30)27(23)15-17-5-4-14-28-17/h2-14,22-23H,15H2,1H3,(H,26,30)/t22-,23-/m1/s1. The highest BCUT2D eigenvalue weighted by Gasteiger charge is 2.42. The van der Waals surface area contributed by atoms with Gasteiger partial charge in [0.05, 0.1) is 24.5 Å². The summed E-state index contributed by atoms with van der Waals surface area (Å²) in [5.41, 5.74) is 2.16. The summed E-state index contributed by atoms with van der Waals surface area (Å²) in [4.78, 5) is 7.81. The molecule has 1 aliphatic heterocycles. The van der Waals surface area contributed by atoms with Crippen molar-refractivity contribution in [1.29, 1.82) is 0 Å². The van der Waals surface area contributed by atoms with Crippen LogP contribution in [0.1, 0.15) is 34.9 Å². The Balaban J connectivity index is 1.46. The van der Waals surface area contributed by atoms with E-state index in [2.05, 4.69) is 46.4 Å². The molecular formula is C24H21N3O2S2. The van der Waals surface area contributed by atoms with Gasteiger partial charge in [-0.1, -0.05) is 35.5 Å². The highest BCUT2D eigenvalue weighted by molar-refractivity contribution is 7.99. The predicted molar refractivity (Wildman–Crippen MR) is 124 cm³/mol. The Morgan fingerprint density at radius 3 is 2.68 bits per heavy atom. The molecule has 0 bridgehead atoms. The first kappa shape index (κ1) is 19.9. The van der Waals surface area contributed by atoms with Gasteiger partial charge in [-0.25, -0.2) is 0 Å². The largest absolute Gasteiger partial charge is 0.467 e. The molecular weight excluding hydrogens is 426 g/mol. The van der Waals surface area contributed by atoms with Crippen molar-refractivity contribution in [3.8, 4) is 0 Å². The number of hydrogen-bond donors (Lipinski definition) is 1. The van der Waals surface area contributed by atoms with Crippen LogP contribution in [0.4, 0.5) is 0 Å². The zero-order valence-corrected chi connectivity index (χ0v) is 18.5. The van der Waals surface area contributed by atoms with Gasteiger partial charge in [0.15, 0.2) is 10.2 Å². The number of nitrogens with zero attached hydrogens (tertiary/aromatic N) is 2. The van der Waals surface area contributed by atoms with Gasteiger partial charge in [0.25, 0.3) is 0 Å². The van der Waals surface area contributed by atoms with E-state index in [1.54, 1.807) is 24.2 Å². The summed E-state index contributed by atoms with van der Waals surface area (Å²) in [6.07, 6.45) is 3.48. The van der Waals surface area contributed by atoms with Gasteiger partial charge < -0.3 is 19.1 Å². The van der Waals surface area contributed by atoms with Crippen LogP contribution in [-0.2, 0) is 6.54 Å². The summed E-state index contributed by atoms with van der Waals surface area (Å²) in [6.45, 7) is 2.63. The fraction of sp³-hybridized carbons (Fsp3) is 0.167. The Bertz CT molecular complexity index is 1160. The molecule has 31 heavy (non-hydrogen) atoms. The molecule has 0 amide bonds. The molecule has 0 spiro atoms. The molecule has 2 atom stereocenters. The summed E-state index contributed by atoms with van der Waals surface area (Å²) < 4.78 is 11.9. The van der Waals surface area contributed by atoms with E-state index >= 15 is 0 Å². The van der Waals surface area contributed by atoms with Crippen LogP contribution in [0.2, 0.25) is 0 Å². The molecule has 1 N–H and O–H groups in total. The highest BCUT2D eigenvalue weighted by Crippen LogP contribution is 2.41. The molecule has 1 aromatic carbocycles. The van der Waals surface area contributed by atoms with Crippen molar-refractivity contribution in [2.24, 2.45) is 0 Å². The molecule has 156 valence electrons. The number of rotatable bonds is 6. The quantitative estimate of drug-likeness (QED) is 0.369. The van der Waals surface area contributed by atoms with E-state index in [0.29, 0.717) is 11.7 Å². The maximum Gasteiger partial charge on any atom is 0.170 e. The molecule has 1 fully saturated rings. The Morgan fingerprint density at radius 2 is 1.94 bits per heavy atom. The molecule has 5 nitrogen and oxygen atoms in total. The predicted octanol–water partition coefficient (Wildman–Crippen LogP) is 5.90. The first-order chi connectivity index (χ1) is 15.2. The molecule has 0 radical (unpaired) electrons. The minimum absolute atomic E-state index is 0.118. The van der Waals surface area contributed by atoms with Crippen molar-refractivity contribution in [1.82, 2.24) is 15.2 Å². The lowest BCUT2D eigenvalue weighted by Gasteiger charge is -2.25. The van der Waals surface area contributed by atoms with Gasteiger partial charge in [-0.2, -0.15) is 0 Å². The molecule has 0 aliphatic carbocycles. The molecule has 3 aromatic heterocycles. The molecule has 4 aromatic rings. The van der Waals surface area contributed by atoms with Gasteiger partial charge in [-0.3, -0.25) is 4.98 Å². The summed E-state index contributed by atoms with van der Waals surface area (Å²) in [5.74, 6) is 1.68. The smallest absolute Gasteiger partial charge is 0.170 e. The van der Waals surface area contributed by atoms with Crippen LogP contribution < -0.4 is 5.32 Å². The minimum Gasteiger partial charge on any atom is -0.467 e. The second kappa shape index (κ2) is 8.61. The van der Waals surface area contributed by atoms with Crippen LogP contribution in [0.5, 0.6) is 0 Å². The SMILES string of the molecule is Cc1ccc(Sc2ccc([C@@H]3[C@@H](c4ccccn4)NC(=S)N3Cc3ccco3)o2)cc1. The van der Waals surface area contributed by atoms with Gasteiger partial charge in [0.2, 0.25) is 0 Å². The van der Waals surface area contributed by atoms with Crippen LogP contribution in [-0.4, -0.2) is 15.0 Å². The second-order valence-corrected chi connectivity index (χ2v) is 8.87. The van der Waals surface area contributed by atoms with E-state index in [9.17, 15) is 0 Å². The third-order valence-electron chi connectivity index (χ3n) is 5.24. The Hall–Kier alpha value is -3.03. The number of aromatic nitrogens is 1. The lowest BCUT2D eigenvalue weighted by atomic mass is 10.0. The summed E-state index contributed by atoms with van der Waals surface area (Å²) >= 11 is 7.30. The number of benzene rings is 1. The van der Waals surface area contributed by atoms with E-state index < -0.39 is 0 Å². The van der Waals surface area contributed by atoms with E-state index in [-0.39, 0.29) is 12.1 Å². The average Bonchev–Trinajstić information content (AvgIpc) is 3.52. The van der Waals surface area contributed by atoms with Crippen LogP contribution in [0, 0.1) is 6.92 Å². The summed E-state index contributed by atoms with van der Waals surface area (Å²) in [5, 5.41) is 4.93. The molecule has 1 aliphatic rings. The molecule has 0 unspecified atom stereocenters. The minimum atomic E-state index is -0.139. The fourth-order valence-electron chi connectivity index (χ4n) is 3.73. The number of nitrogens with one attached hydrogen (secondary N) is 1. The van der Waals surface area contributed by atoms with Gasteiger partial charge in [-0.05, 0) is 67.7 Å². The zero-order valence-electron chi connectivity index (χ0n) is 16.9. The molecule has 0 saturated carbocycles. The lowest BCUT2D eigenvalue weighted by Crippen LogP contribution is -2.28. The van der Waals surface area contributed by atoms with Crippen LogP contribution in [0.3, 0.4) is 0 Å². The van der Waals surface area contributed by atoms with Crippen LogP contribution in [0.25, 0.3) is 0 Å². The average molecular weight is 448 g/mol. The van der Waals surface area contributed by atoms with Gasteiger partial charge >= 0.3 is 0 Å². The number of furan rings is 2. The van der Waals surface area contributed by atoms with Crippen molar-refractivity contribution >= 4 is 29.1 Å². The summed E-state index contributed by atoms with van der Waals surface area (Å²) in [6, 6.07) is 22.0.